The summed E-state index contributed by atoms with van der Waals surface area (Å²) >= 11 is 0. The van der Waals surface area contributed by atoms with Crippen molar-refractivity contribution in [3.8, 4) is 0 Å². The number of phosphoric ester groups is 1. The molecular weight excluding hydrogens is 768 g/mol. The van der Waals surface area contributed by atoms with Gasteiger partial charge in [-0.2, -0.15) is 0 Å². The molecule has 60 heavy (non-hydrogen) atoms. The van der Waals surface area contributed by atoms with Gasteiger partial charge in [0, 0.05) is 6.42 Å². The highest BCUT2D eigenvalue weighted by atomic mass is 31.2. The average molecular weight is 864 g/mol. The molecule has 350 valence electrons. The van der Waals surface area contributed by atoms with Crippen molar-refractivity contribution in [2.24, 2.45) is 0 Å². The number of amides is 1. The minimum atomic E-state index is -4.35. The molecule has 0 fully saturated rings. The molecule has 0 heterocycles. The Morgan fingerprint density at radius 1 is 0.583 bits per heavy atom. The number of likely N-dealkylation sites (N-methyl/N-ethyl adjacent to an activating group) is 1. The lowest BCUT2D eigenvalue weighted by Crippen LogP contribution is -2.45. The zero-order chi connectivity index (χ0) is 44.3. The van der Waals surface area contributed by atoms with Crippen molar-refractivity contribution in [1.82, 2.24) is 5.32 Å². The van der Waals surface area contributed by atoms with Crippen molar-refractivity contribution in [3.63, 3.8) is 0 Å². The van der Waals surface area contributed by atoms with Crippen LogP contribution in [0.25, 0.3) is 0 Å². The fourth-order valence-electron chi connectivity index (χ4n) is 6.86. The highest BCUT2D eigenvalue weighted by molar-refractivity contribution is 7.47. The number of hydrogen-bond acceptors (Lipinski definition) is 5. The summed E-state index contributed by atoms with van der Waals surface area (Å²) in [6, 6.07) is -0.856. The SMILES string of the molecule is CC/C=C\C/C=C\C/C=C\C/C=C\CCCCCCCCC(=O)NC(COP(=O)(O)OCC[N+](C)(C)C)C(O)/C=C/CCCCCCCCCCCCCCCCCCC. The third-order valence-corrected chi connectivity index (χ3v) is 11.7. The lowest BCUT2D eigenvalue weighted by Gasteiger charge is -2.25. The Labute approximate surface area is 371 Å². The number of rotatable bonds is 44. The van der Waals surface area contributed by atoms with Crippen LogP contribution in [-0.4, -0.2) is 73.4 Å². The summed E-state index contributed by atoms with van der Waals surface area (Å²) in [5.41, 5.74) is 0. The van der Waals surface area contributed by atoms with Crippen molar-refractivity contribution in [3.05, 3.63) is 60.8 Å². The Morgan fingerprint density at radius 2 is 1.00 bits per heavy atom. The summed E-state index contributed by atoms with van der Waals surface area (Å²) in [5.74, 6) is -0.192. The maximum absolute atomic E-state index is 12.9. The lowest BCUT2D eigenvalue weighted by molar-refractivity contribution is -0.870. The van der Waals surface area contributed by atoms with E-state index in [-0.39, 0.29) is 19.1 Å². The molecule has 0 aromatic carbocycles. The molecule has 0 aliphatic rings. The second-order valence-electron chi connectivity index (χ2n) is 17.8. The van der Waals surface area contributed by atoms with Crippen molar-refractivity contribution >= 4 is 13.7 Å². The number of hydrogen-bond donors (Lipinski definition) is 3. The summed E-state index contributed by atoms with van der Waals surface area (Å²) in [5, 5.41) is 13.9. The summed E-state index contributed by atoms with van der Waals surface area (Å²) in [4.78, 5) is 23.2. The van der Waals surface area contributed by atoms with Gasteiger partial charge in [-0.15, -0.1) is 0 Å². The molecule has 1 amide bonds. The van der Waals surface area contributed by atoms with E-state index in [1.165, 1.54) is 109 Å². The summed E-state index contributed by atoms with van der Waals surface area (Å²) < 4.78 is 23.6. The minimum absolute atomic E-state index is 0.0561. The molecule has 8 nitrogen and oxygen atoms in total. The highest BCUT2D eigenvalue weighted by Crippen LogP contribution is 2.43. The number of aliphatic hydroxyl groups excluding tert-OH is 1. The first-order valence-electron chi connectivity index (χ1n) is 24.7. The Balaban J connectivity index is 4.39. The van der Waals surface area contributed by atoms with Crippen LogP contribution >= 0.6 is 7.82 Å². The molecule has 3 atom stereocenters. The third-order valence-electron chi connectivity index (χ3n) is 10.7. The van der Waals surface area contributed by atoms with Crippen molar-refractivity contribution in [1.29, 1.82) is 0 Å². The second kappa shape index (κ2) is 42.5. The van der Waals surface area contributed by atoms with E-state index >= 15 is 0 Å². The van der Waals surface area contributed by atoms with Crippen molar-refractivity contribution < 1.29 is 32.9 Å². The van der Waals surface area contributed by atoms with Gasteiger partial charge in [-0.05, 0) is 57.8 Å². The predicted molar refractivity (Wildman–Crippen MR) is 258 cm³/mol. The van der Waals surface area contributed by atoms with E-state index in [9.17, 15) is 19.4 Å². The summed E-state index contributed by atoms with van der Waals surface area (Å²) in [7, 11) is 1.56. The van der Waals surface area contributed by atoms with Crippen LogP contribution in [0.2, 0.25) is 0 Å². The van der Waals surface area contributed by atoms with E-state index in [0.717, 1.165) is 77.0 Å². The normalized spacial score (nSPS) is 14.7. The van der Waals surface area contributed by atoms with Crippen LogP contribution in [0.5, 0.6) is 0 Å². The molecule has 0 aliphatic carbocycles. The number of quaternary nitrogens is 1. The first-order chi connectivity index (χ1) is 29.0. The molecule has 0 spiro atoms. The molecule has 0 aliphatic heterocycles. The number of carbonyl (C=O) groups is 1. The van der Waals surface area contributed by atoms with Crippen molar-refractivity contribution in [2.75, 3.05) is 40.9 Å². The number of aliphatic hydroxyl groups is 1. The molecule has 3 unspecified atom stereocenters. The number of nitrogens with zero attached hydrogens (tertiary/aromatic N) is 1. The van der Waals surface area contributed by atoms with Gasteiger partial charge >= 0.3 is 7.82 Å². The van der Waals surface area contributed by atoms with Crippen LogP contribution in [0.3, 0.4) is 0 Å². The van der Waals surface area contributed by atoms with Gasteiger partial charge in [-0.3, -0.25) is 13.8 Å². The zero-order valence-corrected chi connectivity index (χ0v) is 40.6. The van der Waals surface area contributed by atoms with Gasteiger partial charge in [0.25, 0.3) is 0 Å². The zero-order valence-electron chi connectivity index (χ0n) is 39.7. The molecular formula is C51H96N2O6P+. The topological polar surface area (TPSA) is 105 Å². The average Bonchev–Trinajstić information content (AvgIpc) is 3.20. The van der Waals surface area contributed by atoms with Gasteiger partial charge in [-0.1, -0.05) is 203 Å². The molecule has 3 N–H and O–H groups in total. The number of unbranched alkanes of at least 4 members (excludes halogenated alkanes) is 23. The standard InChI is InChI=1S/C51H95N2O6P/c1-6-8-10-12-14-16-18-20-22-24-26-28-30-32-34-36-38-40-42-44-50(54)49(48-59-60(56,57)58-47-46-53(3,4)5)52-51(55)45-43-41-39-37-35-33-31-29-27-25-23-21-19-17-15-13-11-9-7-2/h9,11,15,17,21,23,27,29,42,44,49-50,54H,6-8,10,12-14,16,18-20,22,24-26,28,30-41,43,45-48H2,1-5H3,(H-,52,55,56,57)/p+1/b11-9-,17-15-,23-21-,29-27-,44-42+. The maximum atomic E-state index is 12.9. The lowest BCUT2D eigenvalue weighted by atomic mass is 10.0. The third kappa shape index (κ3) is 44.3. The Kier molecular flexibility index (Phi) is 41.2. The first-order valence-corrected chi connectivity index (χ1v) is 26.2. The van der Waals surface area contributed by atoms with Gasteiger partial charge in [0.1, 0.15) is 13.2 Å². The molecule has 0 saturated heterocycles. The Morgan fingerprint density at radius 3 is 1.47 bits per heavy atom. The van der Waals surface area contributed by atoms with Crippen LogP contribution in [0, 0.1) is 0 Å². The molecule has 0 radical (unpaired) electrons. The molecule has 0 bridgehead atoms. The number of phosphoric acid groups is 1. The monoisotopic (exact) mass is 864 g/mol. The van der Waals surface area contributed by atoms with Gasteiger partial charge in [-0.25, -0.2) is 4.57 Å². The van der Waals surface area contributed by atoms with Crippen molar-refractivity contribution in [2.45, 2.75) is 219 Å². The summed E-state index contributed by atoms with van der Waals surface area (Å²) in [6.07, 6.45) is 55.8. The van der Waals surface area contributed by atoms with E-state index in [0.29, 0.717) is 17.4 Å². The quantitative estimate of drug-likeness (QED) is 0.0244. The van der Waals surface area contributed by atoms with Crippen LogP contribution in [0.1, 0.15) is 206 Å². The van der Waals surface area contributed by atoms with Gasteiger partial charge in [0.2, 0.25) is 5.91 Å². The van der Waals surface area contributed by atoms with E-state index in [2.05, 4.69) is 67.8 Å². The number of carbonyl (C=O) groups excluding carboxylic acids is 1. The summed E-state index contributed by atoms with van der Waals surface area (Å²) in [6.45, 7) is 4.69. The second-order valence-corrected chi connectivity index (χ2v) is 19.3. The predicted octanol–water partition coefficient (Wildman–Crippen LogP) is 14.2. The number of nitrogens with one attached hydrogen (secondary N) is 1. The van der Waals surface area contributed by atoms with Gasteiger partial charge in [0.15, 0.2) is 0 Å². The van der Waals surface area contributed by atoms with Crippen LogP contribution in [0.15, 0.2) is 60.8 Å². The fraction of sp³-hybridized carbons (Fsp3) is 0.784. The largest absolute Gasteiger partial charge is 0.472 e. The smallest absolute Gasteiger partial charge is 0.387 e. The van der Waals surface area contributed by atoms with E-state index < -0.39 is 20.0 Å². The molecule has 0 aromatic heterocycles. The van der Waals surface area contributed by atoms with E-state index in [1.54, 1.807) is 6.08 Å². The molecule has 0 rings (SSSR count). The molecule has 0 aromatic rings. The first kappa shape index (κ1) is 58.2. The maximum Gasteiger partial charge on any atom is 0.472 e. The highest BCUT2D eigenvalue weighted by Gasteiger charge is 2.27. The molecule has 9 heteroatoms. The van der Waals surface area contributed by atoms with Gasteiger partial charge < -0.3 is 19.8 Å². The Bertz CT molecular complexity index is 1160. The Hall–Kier alpha value is -1.80. The fourth-order valence-corrected chi connectivity index (χ4v) is 7.59. The minimum Gasteiger partial charge on any atom is -0.387 e. The number of allylic oxidation sites excluding steroid dienone is 9. The van der Waals surface area contributed by atoms with E-state index in [4.69, 9.17) is 9.05 Å². The van der Waals surface area contributed by atoms with Gasteiger partial charge in [0.05, 0.1) is 39.9 Å². The van der Waals surface area contributed by atoms with E-state index in [1.807, 2.05) is 27.2 Å². The van der Waals surface area contributed by atoms with Crippen LogP contribution < -0.4 is 5.32 Å². The van der Waals surface area contributed by atoms with Crippen LogP contribution in [0.4, 0.5) is 0 Å². The van der Waals surface area contributed by atoms with Crippen LogP contribution in [-0.2, 0) is 18.4 Å². The molecule has 0 saturated carbocycles.